The van der Waals surface area contributed by atoms with Crippen molar-refractivity contribution < 1.29 is 4.74 Å². The zero-order chi connectivity index (χ0) is 12.9. The standard InChI is InChI=1S/C13H20N4OS/c14-7-18-11-12(19-17-16-11)15-13-4-8-1-9(5-13)3-10(2-8)6-13/h8-10,15H,1-7,14H2. The minimum Gasteiger partial charge on any atom is -0.459 e. The van der Waals surface area contributed by atoms with Crippen LogP contribution in [0.5, 0.6) is 5.88 Å². The first-order valence-corrected chi connectivity index (χ1v) is 7.97. The minimum absolute atomic E-state index is 0.154. The number of hydrogen-bond donors (Lipinski definition) is 2. The molecule has 5 nitrogen and oxygen atoms in total. The Kier molecular flexibility index (Phi) is 2.70. The molecule has 0 aliphatic heterocycles. The molecule has 19 heavy (non-hydrogen) atoms. The topological polar surface area (TPSA) is 73.1 Å². The van der Waals surface area contributed by atoms with E-state index in [1.165, 1.54) is 50.1 Å². The highest BCUT2D eigenvalue weighted by molar-refractivity contribution is 7.10. The normalized spacial score (nSPS) is 39.5. The lowest BCUT2D eigenvalue weighted by Gasteiger charge is -2.57. The number of hydrogen-bond acceptors (Lipinski definition) is 6. The molecule has 0 atom stereocenters. The first-order valence-electron chi connectivity index (χ1n) is 7.20. The van der Waals surface area contributed by atoms with Crippen LogP contribution in [0.1, 0.15) is 38.5 Å². The molecule has 104 valence electrons. The Morgan fingerprint density at radius 2 is 1.84 bits per heavy atom. The van der Waals surface area contributed by atoms with Gasteiger partial charge in [-0.25, -0.2) is 0 Å². The van der Waals surface area contributed by atoms with Gasteiger partial charge in [-0.2, -0.15) is 0 Å². The highest BCUT2D eigenvalue weighted by Gasteiger charge is 2.51. The van der Waals surface area contributed by atoms with Gasteiger partial charge in [0.25, 0.3) is 5.88 Å². The quantitative estimate of drug-likeness (QED) is 0.827. The highest BCUT2D eigenvalue weighted by Crippen LogP contribution is 2.57. The molecule has 6 heteroatoms. The molecule has 5 rings (SSSR count). The lowest BCUT2D eigenvalue weighted by Crippen LogP contribution is -2.54. The number of ether oxygens (including phenoxy) is 1. The van der Waals surface area contributed by atoms with Gasteiger partial charge in [0.15, 0.2) is 5.00 Å². The summed E-state index contributed by atoms with van der Waals surface area (Å²) >= 11 is 1.39. The van der Waals surface area contributed by atoms with E-state index in [0.29, 0.717) is 5.88 Å². The maximum absolute atomic E-state index is 5.44. The zero-order valence-corrected chi connectivity index (χ0v) is 11.8. The van der Waals surface area contributed by atoms with Gasteiger partial charge in [-0.3, -0.25) is 5.73 Å². The molecule has 0 aromatic carbocycles. The molecule has 3 N–H and O–H groups in total. The fourth-order valence-corrected chi connectivity index (χ4v) is 5.57. The van der Waals surface area contributed by atoms with Gasteiger partial charge in [0.2, 0.25) is 0 Å². The summed E-state index contributed by atoms with van der Waals surface area (Å²) in [7, 11) is 0. The van der Waals surface area contributed by atoms with Crippen molar-refractivity contribution in [2.24, 2.45) is 23.5 Å². The summed E-state index contributed by atoms with van der Waals surface area (Å²) in [6.07, 6.45) is 8.27. The van der Waals surface area contributed by atoms with Crippen molar-refractivity contribution in [1.29, 1.82) is 0 Å². The summed E-state index contributed by atoms with van der Waals surface area (Å²) in [4.78, 5) is 0. The van der Waals surface area contributed by atoms with Gasteiger partial charge in [0.1, 0.15) is 6.73 Å². The number of rotatable bonds is 4. The fraction of sp³-hybridized carbons (Fsp3) is 0.846. The van der Waals surface area contributed by atoms with Crippen LogP contribution < -0.4 is 15.8 Å². The van der Waals surface area contributed by atoms with Crippen LogP contribution >= 0.6 is 11.5 Å². The van der Waals surface area contributed by atoms with Gasteiger partial charge in [-0.1, -0.05) is 9.59 Å². The summed E-state index contributed by atoms with van der Waals surface area (Å²) in [5.74, 6) is 3.36. The van der Waals surface area contributed by atoms with Gasteiger partial charge in [0, 0.05) is 17.1 Å². The lowest BCUT2D eigenvalue weighted by atomic mass is 9.53. The second-order valence-electron chi connectivity index (χ2n) is 6.54. The third-order valence-corrected chi connectivity index (χ3v) is 5.72. The van der Waals surface area contributed by atoms with Crippen LogP contribution in [0.15, 0.2) is 0 Å². The lowest BCUT2D eigenvalue weighted by molar-refractivity contribution is 0.0107. The van der Waals surface area contributed by atoms with Crippen molar-refractivity contribution >= 4 is 16.5 Å². The Bertz CT molecular complexity index is 440. The van der Waals surface area contributed by atoms with E-state index in [-0.39, 0.29) is 12.3 Å². The van der Waals surface area contributed by atoms with E-state index in [4.69, 9.17) is 10.5 Å². The van der Waals surface area contributed by atoms with E-state index < -0.39 is 0 Å². The molecule has 4 saturated carbocycles. The molecule has 0 saturated heterocycles. The smallest absolute Gasteiger partial charge is 0.271 e. The molecule has 1 aromatic rings. The third-order valence-electron chi connectivity index (χ3n) is 5.09. The van der Waals surface area contributed by atoms with Crippen molar-refractivity contribution in [1.82, 2.24) is 9.59 Å². The maximum atomic E-state index is 5.44. The highest BCUT2D eigenvalue weighted by atomic mass is 32.1. The molecule has 1 heterocycles. The zero-order valence-electron chi connectivity index (χ0n) is 11.0. The summed E-state index contributed by atoms with van der Waals surface area (Å²) in [5, 5.41) is 8.71. The molecule has 4 aliphatic carbocycles. The van der Waals surface area contributed by atoms with Crippen molar-refractivity contribution in [3.8, 4) is 5.88 Å². The van der Waals surface area contributed by atoms with E-state index in [9.17, 15) is 0 Å². The summed E-state index contributed by atoms with van der Waals surface area (Å²) in [6.45, 7) is 0.154. The van der Waals surface area contributed by atoms with Crippen molar-refractivity contribution in [2.75, 3.05) is 12.0 Å². The van der Waals surface area contributed by atoms with Crippen LogP contribution in [-0.4, -0.2) is 21.9 Å². The van der Waals surface area contributed by atoms with E-state index in [0.717, 1.165) is 22.8 Å². The molecule has 0 spiro atoms. The minimum atomic E-state index is 0.154. The number of aromatic nitrogens is 2. The monoisotopic (exact) mass is 280 g/mol. The largest absolute Gasteiger partial charge is 0.459 e. The molecule has 1 aromatic heterocycles. The summed E-state index contributed by atoms with van der Waals surface area (Å²) < 4.78 is 9.33. The van der Waals surface area contributed by atoms with Crippen LogP contribution in [0, 0.1) is 17.8 Å². The number of anilines is 1. The predicted octanol–water partition coefficient (Wildman–Crippen LogP) is 2.21. The SMILES string of the molecule is NCOc1nnsc1NC12CC3CC(CC(C3)C1)C2. The summed E-state index contributed by atoms with van der Waals surface area (Å²) in [6, 6.07) is 0. The Morgan fingerprint density at radius 3 is 2.42 bits per heavy atom. The van der Waals surface area contributed by atoms with E-state index in [2.05, 4.69) is 14.9 Å². The Labute approximate surface area is 117 Å². The average Bonchev–Trinajstić information content (AvgIpc) is 2.74. The molecule has 4 aliphatic rings. The van der Waals surface area contributed by atoms with Crippen molar-refractivity contribution in [3.63, 3.8) is 0 Å². The van der Waals surface area contributed by atoms with E-state index >= 15 is 0 Å². The number of nitrogens with zero attached hydrogens (tertiary/aromatic N) is 2. The molecule has 0 unspecified atom stereocenters. The van der Waals surface area contributed by atoms with Gasteiger partial charge in [-0.15, -0.1) is 0 Å². The van der Waals surface area contributed by atoms with Crippen LogP contribution in [0.3, 0.4) is 0 Å². The van der Waals surface area contributed by atoms with Crippen molar-refractivity contribution in [2.45, 2.75) is 44.1 Å². The second-order valence-corrected chi connectivity index (χ2v) is 7.30. The van der Waals surface area contributed by atoms with E-state index in [1.807, 2.05) is 0 Å². The van der Waals surface area contributed by atoms with Gasteiger partial charge in [-0.05, 0) is 56.3 Å². The second kappa shape index (κ2) is 4.31. The number of nitrogens with two attached hydrogens (primary N) is 1. The van der Waals surface area contributed by atoms with Crippen LogP contribution in [0.25, 0.3) is 0 Å². The molecular formula is C13H20N4OS. The summed E-state index contributed by atoms with van der Waals surface area (Å²) in [5.41, 5.74) is 5.71. The fourth-order valence-electron chi connectivity index (χ4n) is 4.94. The van der Waals surface area contributed by atoms with Gasteiger partial charge in [0.05, 0.1) is 0 Å². The average molecular weight is 280 g/mol. The third kappa shape index (κ3) is 2.01. The predicted molar refractivity (Wildman–Crippen MR) is 74.1 cm³/mol. The first kappa shape index (κ1) is 11.9. The number of nitrogens with one attached hydrogen (secondary N) is 1. The van der Waals surface area contributed by atoms with Crippen molar-refractivity contribution in [3.05, 3.63) is 0 Å². The molecule has 0 radical (unpaired) electrons. The Morgan fingerprint density at radius 1 is 1.21 bits per heavy atom. The van der Waals surface area contributed by atoms with E-state index in [1.54, 1.807) is 0 Å². The maximum Gasteiger partial charge on any atom is 0.271 e. The first-order chi connectivity index (χ1) is 9.26. The van der Waals surface area contributed by atoms with Crippen LogP contribution in [-0.2, 0) is 0 Å². The molecule has 4 bridgehead atoms. The van der Waals surface area contributed by atoms with Crippen LogP contribution in [0.4, 0.5) is 5.00 Å². The van der Waals surface area contributed by atoms with Gasteiger partial charge >= 0.3 is 0 Å². The molecule has 0 amide bonds. The van der Waals surface area contributed by atoms with Crippen LogP contribution in [0.2, 0.25) is 0 Å². The Balaban J connectivity index is 1.57. The molecular weight excluding hydrogens is 260 g/mol. The Hall–Kier alpha value is -0.880. The van der Waals surface area contributed by atoms with Gasteiger partial charge < -0.3 is 10.1 Å². The molecule has 4 fully saturated rings.